The van der Waals surface area contributed by atoms with Crippen LogP contribution < -0.4 is 5.32 Å². The van der Waals surface area contributed by atoms with Gasteiger partial charge in [0.2, 0.25) is 0 Å². The topological polar surface area (TPSA) is 56.0 Å². The average Bonchev–Trinajstić information content (AvgIpc) is 2.65. The lowest BCUT2D eigenvalue weighted by atomic mass is 9.97. The summed E-state index contributed by atoms with van der Waals surface area (Å²) in [6.45, 7) is 2.28. The molecule has 0 aliphatic heterocycles. The van der Waals surface area contributed by atoms with Crippen molar-refractivity contribution in [2.45, 2.75) is 32.1 Å². The number of rotatable bonds is 6. The van der Waals surface area contributed by atoms with Crippen molar-refractivity contribution in [3.8, 4) is 6.07 Å². The van der Waals surface area contributed by atoms with Crippen LogP contribution in [0.25, 0.3) is 0 Å². The predicted molar refractivity (Wildman–Crippen MR) is 55.6 cm³/mol. The molecule has 2 N–H and O–H groups in total. The number of aliphatic hydroxyl groups excluding tert-OH is 1. The molecule has 0 saturated heterocycles. The molecule has 80 valence electrons. The molecule has 1 aliphatic rings. The molecule has 0 bridgehead atoms. The van der Waals surface area contributed by atoms with Crippen molar-refractivity contribution in [1.82, 2.24) is 5.32 Å². The molecular weight excluding hydrogens is 176 g/mol. The summed E-state index contributed by atoms with van der Waals surface area (Å²) < 4.78 is 0. The van der Waals surface area contributed by atoms with Crippen LogP contribution in [-0.2, 0) is 0 Å². The van der Waals surface area contributed by atoms with Crippen molar-refractivity contribution < 1.29 is 5.11 Å². The first kappa shape index (κ1) is 11.5. The van der Waals surface area contributed by atoms with E-state index in [0.29, 0.717) is 24.9 Å². The van der Waals surface area contributed by atoms with Gasteiger partial charge in [0, 0.05) is 13.0 Å². The summed E-state index contributed by atoms with van der Waals surface area (Å²) in [5.41, 5.74) is 0. The molecule has 1 fully saturated rings. The molecular formula is C11H20N2O. The maximum absolute atomic E-state index is 9.11. The van der Waals surface area contributed by atoms with Crippen molar-refractivity contribution in [2.75, 3.05) is 19.7 Å². The van der Waals surface area contributed by atoms with E-state index in [-0.39, 0.29) is 0 Å². The Morgan fingerprint density at radius 2 is 2.14 bits per heavy atom. The van der Waals surface area contributed by atoms with E-state index in [0.717, 1.165) is 19.5 Å². The molecule has 2 unspecified atom stereocenters. The van der Waals surface area contributed by atoms with Crippen LogP contribution in [0.5, 0.6) is 0 Å². The summed E-state index contributed by atoms with van der Waals surface area (Å²) in [7, 11) is 0. The standard InChI is InChI=1S/C11H20N2O/c12-6-1-2-7-13-8-10-4-3-5-11(10)9-14/h10-11,13-14H,1-5,7-9H2. The smallest absolute Gasteiger partial charge is 0.0622 e. The monoisotopic (exact) mass is 196 g/mol. The molecule has 0 heterocycles. The second-order valence-electron chi connectivity index (χ2n) is 4.10. The number of unbranched alkanes of at least 4 members (excludes halogenated alkanes) is 1. The Morgan fingerprint density at radius 3 is 2.86 bits per heavy atom. The Morgan fingerprint density at radius 1 is 1.36 bits per heavy atom. The zero-order valence-corrected chi connectivity index (χ0v) is 8.71. The largest absolute Gasteiger partial charge is 0.396 e. The third-order valence-electron chi connectivity index (χ3n) is 3.10. The molecule has 1 saturated carbocycles. The molecule has 1 aliphatic carbocycles. The Kier molecular flexibility index (Phi) is 5.58. The van der Waals surface area contributed by atoms with Gasteiger partial charge in [-0.2, -0.15) is 5.26 Å². The van der Waals surface area contributed by atoms with Gasteiger partial charge in [-0.05, 0) is 44.2 Å². The SMILES string of the molecule is N#CCCCNCC1CCCC1CO. The average molecular weight is 196 g/mol. The fourth-order valence-corrected chi connectivity index (χ4v) is 2.20. The Balaban J connectivity index is 2.03. The maximum Gasteiger partial charge on any atom is 0.0622 e. The van der Waals surface area contributed by atoms with Crippen LogP contribution in [0.2, 0.25) is 0 Å². The van der Waals surface area contributed by atoms with E-state index in [1.54, 1.807) is 0 Å². The molecule has 3 nitrogen and oxygen atoms in total. The zero-order valence-electron chi connectivity index (χ0n) is 8.71. The highest BCUT2D eigenvalue weighted by atomic mass is 16.3. The van der Waals surface area contributed by atoms with Gasteiger partial charge in [0.05, 0.1) is 6.07 Å². The van der Waals surface area contributed by atoms with Gasteiger partial charge in [0.25, 0.3) is 0 Å². The molecule has 3 heteroatoms. The molecule has 0 radical (unpaired) electrons. The normalized spacial score (nSPS) is 26.3. The van der Waals surface area contributed by atoms with Gasteiger partial charge in [-0.3, -0.25) is 0 Å². The minimum absolute atomic E-state index is 0.338. The van der Waals surface area contributed by atoms with Crippen LogP contribution in [0.1, 0.15) is 32.1 Å². The van der Waals surface area contributed by atoms with E-state index in [1.807, 2.05) is 0 Å². The van der Waals surface area contributed by atoms with Gasteiger partial charge < -0.3 is 10.4 Å². The van der Waals surface area contributed by atoms with E-state index >= 15 is 0 Å². The van der Waals surface area contributed by atoms with Crippen molar-refractivity contribution in [2.24, 2.45) is 11.8 Å². The highest BCUT2D eigenvalue weighted by molar-refractivity contribution is 4.78. The van der Waals surface area contributed by atoms with E-state index in [2.05, 4.69) is 11.4 Å². The lowest BCUT2D eigenvalue weighted by Gasteiger charge is -2.17. The second kappa shape index (κ2) is 6.80. The molecule has 0 aromatic heterocycles. The Bertz CT molecular complexity index is 188. The predicted octanol–water partition coefficient (Wildman–Crippen LogP) is 1.29. The first-order valence-electron chi connectivity index (χ1n) is 5.57. The Labute approximate surface area is 86.1 Å². The third kappa shape index (κ3) is 3.65. The van der Waals surface area contributed by atoms with Crippen LogP contribution >= 0.6 is 0 Å². The van der Waals surface area contributed by atoms with Gasteiger partial charge in [-0.15, -0.1) is 0 Å². The van der Waals surface area contributed by atoms with Gasteiger partial charge in [0.15, 0.2) is 0 Å². The van der Waals surface area contributed by atoms with Crippen LogP contribution in [-0.4, -0.2) is 24.8 Å². The number of nitrogens with one attached hydrogen (secondary N) is 1. The van der Waals surface area contributed by atoms with Gasteiger partial charge >= 0.3 is 0 Å². The summed E-state index contributed by atoms with van der Waals surface area (Å²) in [6.07, 6.45) is 5.27. The lowest BCUT2D eigenvalue weighted by Crippen LogP contribution is -2.27. The first-order valence-corrected chi connectivity index (χ1v) is 5.57. The van der Waals surface area contributed by atoms with Crippen molar-refractivity contribution in [1.29, 1.82) is 5.26 Å². The minimum atomic E-state index is 0.338. The third-order valence-corrected chi connectivity index (χ3v) is 3.10. The van der Waals surface area contributed by atoms with Crippen molar-refractivity contribution >= 4 is 0 Å². The number of nitriles is 1. The minimum Gasteiger partial charge on any atom is -0.396 e. The van der Waals surface area contributed by atoms with E-state index in [4.69, 9.17) is 10.4 Å². The second-order valence-corrected chi connectivity index (χ2v) is 4.10. The number of hydrogen-bond donors (Lipinski definition) is 2. The Hall–Kier alpha value is -0.590. The molecule has 14 heavy (non-hydrogen) atoms. The summed E-state index contributed by atoms with van der Waals surface area (Å²) in [5, 5.41) is 20.8. The molecule has 0 aromatic rings. The zero-order chi connectivity index (χ0) is 10.2. The molecule has 0 spiro atoms. The summed E-state index contributed by atoms with van der Waals surface area (Å²) in [5.74, 6) is 1.17. The quantitative estimate of drug-likeness (QED) is 0.629. The number of hydrogen-bond acceptors (Lipinski definition) is 3. The fourth-order valence-electron chi connectivity index (χ4n) is 2.20. The highest BCUT2D eigenvalue weighted by Crippen LogP contribution is 2.30. The lowest BCUT2D eigenvalue weighted by molar-refractivity contribution is 0.192. The van der Waals surface area contributed by atoms with Gasteiger partial charge in [-0.1, -0.05) is 6.42 Å². The van der Waals surface area contributed by atoms with Crippen LogP contribution in [0.4, 0.5) is 0 Å². The molecule has 0 aromatic carbocycles. The summed E-state index contributed by atoms with van der Waals surface area (Å²) in [6, 6.07) is 2.14. The van der Waals surface area contributed by atoms with Crippen LogP contribution in [0.15, 0.2) is 0 Å². The van der Waals surface area contributed by atoms with Gasteiger partial charge in [-0.25, -0.2) is 0 Å². The van der Waals surface area contributed by atoms with Crippen LogP contribution in [0, 0.1) is 23.2 Å². The van der Waals surface area contributed by atoms with E-state index < -0.39 is 0 Å². The van der Waals surface area contributed by atoms with E-state index in [9.17, 15) is 0 Å². The van der Waals surface area contributed by atoms with Crippen LogP contribution in [0.3, 0.4) is 0 Å². The van der Waals surface area contributed by atoms with Crippen molar-refractivity contribution in [3.63, 3.8) is 0 Å². The molecule has 0 amide bonds. The highest BCUT2D eigenvalue weighted by Gasteiger charge is 2.25. The summed E-state index contributed by atoms with van der Waals surface area (Å²) in [4.78, 5) is 0. The summed E-state index contributed by atoms with van der Waals surface area (Å²) >= 11 is 0. The number of aliphatic hydroxyl groups is 1. The maximum atomic E-state index is 9.11. The van der Waals surface area contributed by atoms with Crippen molar-refractivity contribution in [3.05, 3.63) is 0 Å². The first-order chi connectivity index (χ1) is 6.88. The van der Waals surface area contributed by atoms with Gasteiger partial charge in [0.1, 0.15) is 0 Å². The molecule has 2 atom stereocenters. The molecule has 1 rings (SSSR count). The van der Waals surface area contributed by atoms with E-state index in [1.165, 1.54) is 19.3 Å². The number of nitrogens with zero attached hydrogens (tertiary/aromatic N) is 1. The fraction of sp³-hybridized carbons (Fsp3) is 0.909.